The number of amides is 1. The number of carbonyl (C=O) groups excluding carboxylic acids is 1. The summed E-state index contributed by atoms with van der Waals surface area (Å²) in [6, 6.07) is 12.6. The molecule has 0 aliphatic heterocycles. The van der Waals surface area contributed by atoms with Crippen LogP contribution in [0.3, 0.4) is 0 Å². The van der Waals surface area contributed by atoms with Crippen molar-refractivity contribution in [1.82, 2.24) is 0 Å². The van der Waals surface area contributed by atoms with Gasteiger partial charge in [-0.3, -0.25) is 4.79 Å². The molecule has 0 spiro atoms. The van der Waals surface area contributed by atoms with Crippen molar-refractivity contribution in [3.05, 3.63) is 58.6 Å². The van der Waals surface area contributed by atoms with Gasteiger partial charge >= 0.3 is 0 Å². The fraction of sp³-hybridized carbons (Fsp3) is 0.188. The lowest BCUT2D eigenvalue weighted by atomic mass is 10.1. The Labute approximate surface area is 124 Å². The van der Waals surface area contributed by atoms with Gasteiger partial charge in [-0.2, -0.15) is 0 Å². The predicted molar refractivity (Wildman–Crippen MR) is 84.4 cm³/mol. The first-order valence-electron chi connectivity index (χ1n) is 6.46. The lowest BCUT2D eigenvalue weighted by Crippen LogP contribution is -2.30. The molecule has 0 saturated heterocycles. The number of nitrogens with two attached hydrogens (primary N) is 1. The van der Waals surface area contributed by atoms with E-state index in [4.69, 9.17) is 17.3 Å². The molecule has 2 rings (SSSR count). The quantitative estimate of drug-likeness (QED) is 0.871. The van der Waals surface area contributed by atoms with E-state index in [1.165, 1.54) is 0 Å². The van der Waals surface area contributed by atoms with Gasteiger partial charge in [-0.1, -0.05) is 17.7 Å². The maximum Gasteiger partial charge on any atom is 0.258 e. The first-order chi connectivity index (χ1) is 9.52. The van der Waals surface area contributed by atoms with Crippen molar-refractivity contribution < 1.29 is 4.79 Å². The van der Waals surface area contributed by atoms with Gasteiger partial charge in [0, 0.05) is 28.5 Å². The molecule has 2 aromatic rings. The van der Waals surface area contributed by atoms with Crippen LogP contribution in [0, 0.1) is 6.92 Å². The molecule has 0 heterocycles. The topological polar surface area (TPSA) is 46.3 Å². The molecule has 2 aromatic carbocycles. The zero-order chi connectivity index (χ0) is 14.7. The van der Waals surface area contributed by atoms with Crippen LogP contribution in [0.4, 0.5) is 11.4 Å². The van der Waals surface area contributed by atoms with E-state index >= 15 is 0 Å². The van der Waals surface area contributed by atoms with Crippen LogP contribution in [0.1, 0.15) is 22.8 Å². The van der Waals surface area contributed by atoms with Crippen molar-refractivity contribution in [3.8, 4) is 0 Å². The SMILES string of the molecule is CCN(C(=O)c1ccc(C)c(Cl)c1)c1ccc(N)cc1. The van der Waals surface area contributed by atoms with E-state index in [2.05, 4.69) is 0 Å². The van der Waals surface area contributed by atoms with Crippen LogP contribution in [0.2, 0.25) is 5.02 Å². The van der Waals surface area contributed by atoms with Crippen LogP contribution in [-0.4, -0.2) is 12.5 Å². The Balaban J connectivity index is 2.33. The highest BCUT2D eigenvalue weighted by atomic mass is 35.5. The molecular weight excluding hydrogens is 272 g/mol. The van der Waals surface area contributed by atoms with E-state index in [0.717, 1.165) is 11.3 Å². The molecule has 104 valence electrons. The van der Waals surface area contributed by atoms with E-state index in [9.17, 15) is 4.79 Å². The molecule has 0 atom stereocenters. The predicted octanol–water partition coefficient (Wildman–Crippen LogP) is 3.90. The molecule has 3 nitrogen and oxygen atoms in total. The van der Waals surface area contributed by atoms with E-state index in [1.54, 1.807) is 29.2 Å². The normalized spacial score (nSPS) is 10.3. The Bertz CT molecular complexity index is 623. The zero-order valence-electron chi connectivity index (χ0n) is 11.6. The summed E-state index contributed by atoms with van der Waals surface area (Å²) in [5.41, 5.74) is 8.71. The maximum atomic E-state index is 12.6. The van der Waals surface area contributed by atoms with Crippen molar-refractivity contribution in [2.24, 2.45) is 0 Å². The van der Waals surface area contributed by atoms with Gasteiger partial charge in [-0.25, -0.2) is 0 Å². The lowest BCUT2D eigenvalue weighted by molar-refractivity contribution is 0.0988. The lowest BCUT2D eigenvalue weighted by Gasteiger charge is -2.21. The van der Waals surface area contributed by atoms with Crippen molar-refractivity contribution in [1.29, 1.82) is 0 Å². The number of rotatable bonds is 3. The number of nitrogen functional groups attached to an aromatic ring is 1. The number of carbonyl (C=O) groups is 1. The monoisotopic (exact) mass is 288 g/mol. The summed E-state index contributed by atoms with van der Waals surface area (Å²) in [5, 5.41) is 0.601. The third-order valence-corrected chi connectivity index (χ3v) is 3.59. The molecule has 0 fully saturated rings. The minimum absolute atomic E-state index is 0.0702. The average Bonchev–Trinajstić information content (AvgIpc) is 2.44. The van der Waals surface area contributed by atoms with E-state index in [1.807, 2.05) is 32.0 Å². The molecule has 0 bridgehead atoms. The second-order valence-electron chi connectivity index (χ2n) is 4.60. The molecule has 20 heavy (non-hydrogen) atoms. The Hall–Kier alpha value is -2.00. The summed E-state index contributed by atoms with van der Waals surface area (Å²) in [6.45, 7) is 4.42. The maximum absolute atomic E-state index is 12.6. The summed E-state index contributed by atoms with van der Waals surface area (Å²) in [6.07, 6.45) is 0. The van der Waals surface area contributed by atoms with E-state index in [0.29, 0.717) is 22.8 Å². The molecule has 1 amide bonds. The fourth-order valence-electron chi connectivity index (χ4n) is 1.98. The van der Waals surface area contributed by atoms with Gasteiger partial charge in [-0.15, -0.1) is 0 Å². The molecule has 0 radical (unpaired) electrons. The number of hydrogen-bond acceptors (Lipinski definition) is 2. The molecule has 0 unspecified atom stereocenters. The van der Waals surface area contributed by atoms with Crippen molar-refractivity contribution >= 4 is 28.9 Å². The van der Waals surface area contributed by atoms with E-state index < -0.39 is 0 Å². The summed E-state index contributed by atoms with van der Waals surface area (Å²) in [4.78, 5) is 14.3. The smallest absolute Gasteiger partial charge is 0.258 e. The molecule has 2 N–H and O–H groups in total. The Morgan fingerprint density at radius 3 is 2.40 bits per heavy atom. The van der Waals surface area contributed by atoms with Crippen LogP contribution in [0.25, 0.3) is 0 Å². The van der Waals surface area contributed by atoms with Crippen LogP contribution in [-0.2, 0) is 0 Å². The molecule has 0 aliphatic rings. The van der Waals surface area contributed by atoms with Crippen LogP contribution >= 0.6 is 11.6 Å². The van der Waals surface area contributed by atoms with E-state index in [-0.39, 0.29) is 5.91 Å². The zero-order valence-corrected chi connectivity index (χ0v) is 12.3. The highest BCUT2D eigenvalue weighted by molar-refractivity contribution is 6.31. The number of hydrogen-bond donors (Lipinski definition) is 1. The van der Waals surface area contributed by atoms with Crippen LogP contribution in [0.15, 0.2) is 42.5 Å². The molecular formula is C16H17ClN2O. The number of nitrogens with zero attached hydrogens (tertiary/aromatic N) is 1. The number of anilines is 2. The third-order valence-electron chi connectivity index (χ3n) is 3.18. The minimum Gasteiger partial charge on any atom is -0.399 e. The van der Waals surface area contributed by atoms with Gasteiger partial charge in [0.25, 0.3) is 5.91 Å². The summed E-state index contributed by atoms with van der Waals surface area (Å²) >= 11 is 6.09. The second kappa shape index (κ2) is 5.97. The number of aryl methyl sites for hydroxylation is 1. The largest absolute Gasteiger partial charge is 0.399 e. The molecule has 0 saturated carbocycles. The molecule has 0 aromatic heterocycles. The van der Waals surface area contributed by atoms with Gasteiger partial charge in [0.1, 0.15) is 0 Å². The number of benzene rings is 2. The summed E-state index contributed by atoms with van der Waals surface area (Å²) in [5.74, 6) is -0.0702. The van der Waals surface area contributed by atoms with Gasteiger partial charge in [0.2, 0.25) is 0 Å². The fourth-order valence-corrected chi connectivity index (χ4v) is 2.16. The van der Waals surface area contributed by atoms with Crippen molar-refractivity contribution in [2.45, 2.75) is 13.8 Å². The van der Waals surface area contributed by atoms with Gasteiger partial charge in [0.15, 0.2) is 0 Å². The number of halogens is 1. The van der Waals surface area contributed by atoms with Gasteiger partial charge in [-0.05, 0) is 55.8 Å². The first kappa shape index (κ1) is 14.4. The van der Waals surface area contributed by atoms with Crippen LogP contribution < -0.4 is 10.6 Å². The second-order valence-corrected chi connectivity index (χ2v) is 5.01. The van der Waals surface area contributed by atoms with Crippen molar-refractivity contribution in [3.63, 3.8) is 0 Å². The standard InChI is InChI=1S/C16H17ClN2O/c1-3-19(14-8-6-13(18)7-9-14)16(20)12-5-4-11(2)15(17)10-12/h4-10H,3,18H2,1-2H3. The highest BCUT2D eigenvalue weighted by Crippen LogP contribution is 2.22. The highest BCUT2D eigenvalue weighted by Gasteiger charge is 2.16. The summed E-state index contributed by atoms with van der Waals surface area (Å²) < 4.78 is 0. The van der Waals surface area contributed by atoms with Crippen LogP contribution in [0.5, 0.6) is 0 Å². The Kier molecular flexibility index (Phi) is 4.30. The van der Waals surface area contributed by atoms with Gasteiger partial charge in [0.05, 0.1) is 0 Å². The molecule has 0 aliphatic carbocycles. The van der Waals surface area contributed by atoms with Gasteiger partial charge < -0.3 is 10.6 Å². The third kappa shape index (κ3) is 2.94. The summed E-state index contributed by atoms with van der Waals surface area (Å²) in [7, 11) is 0. The molecule has 4 heteroatoms. The average molecular weight is 289 g/mol. The minimum atomic E-state index is -0.0702. The van der Waals surface area contributed by atoms with Crippen molar-refractivity contribution in [2.75, 3.05) is 17.2 Å². The first-order valence-corrected chi connectivity index (χ1v) is 6.84. The Morgan fingerprint density at radius 2 is 1.85 bits per heavy atom. The Morgan fingerprint density at radius 1 is 1.20 bits per heavy atom.